The number of ether oxygens (including phenoxy) is 6. The Hall–Kier alpha value is -1.27. The van der Waals surface area contributed by atoms with E-state index in [0.717, 1.165) is 44.9 Å². The minimum absolute atomic E-state index is 0.0629. The molecule has 7 N–H and O–H groups in total. The van der Waals surface area contributed by atoms with Crippen molar-refractivity contribution in [3.8, 4) is 0 Å². The first kappa shape index (κ1) is 62.8. The van der Waals surface area contributed by atoms with E-state index in [4.69, 9.17) is 28.4 Å². The molecule has 2 aliphatic heterocycles. The normalized spacial score (nSPS) is 25.9. The second-order valence-electron chi connectivity index (χ2n) is 19.8. The van der Waals surface area contributed by atoms with Crippen LogP contribution in [0.15, 0.2) is 12.2 Å². The Morgan fingerprint density at radius 2 is 0.868 bits per heavy atom. The Morgan fingerprint density at radius 3 is 1.35 bits per heavy atom. The molecule has 14 nitrogen and oxygen atoms in total. The van der Waals surface area contributed by atoms with Crippen LogP contribution in [0.1, 0.15) is 226 Å². The van der Waals surface area contributed by atoms with Gasteiger partial charge >= 0.3 is 5.97 Å². The maximum atomic E-state index is 13.0. The summed E-state index contributed by atoms with van der Waals surface area (Å²) in [7, 11) is 0. The predicted molar refractivity (Wildman–Crippen MR) is 266 cm³/mol. The number of carbonyl (C=O) groups excluding carboxylic acids is 1. The summed E-state index contributed by atoms with van der Waals surface area (Å²) < 4.78 is 34.3. The fourth-order valence-corrected chi connectivity index (χ4v) is 8.99. The van der Waals surface area contributed by atoms with Crippen LogP contribution in [0.25, 0.3) is 0 Å². The molecule has 0 radical (unpaired) electrons. The molecule has 0 saturated carbocycles. The molecule has 2 aliphatic rings. The molecule has 0 aromatic carbocycles. The molecule has 0 spiro atoms. The Kier molecular flexibility index (Phi) is 39.1. The van der Waals surface area contributed by atoms with Crippen LogP contribution in [0.4, 0.5) is 0 Å². The highest BCUT2D eigenvalue weighted by atomic mass is 16.7. The molecule has 2 heterocycles. The number of hydrogen-bond acceptors (Lipinski definition) is 14. The Balaban J connectivity index is 1.72. The van der Waals surface area contributed by atoms with Gasteiger partial charge in [0, 0.05) is 13.0 Å². The molecule has 2 saturated heterocycles. The standard InChI is InChI=1S/C54H102O14/c1-3-5-7-9-11-13-15-17-19-20-21-22-23-24-25-27-29-31-33-35-37-46(56)66-43(40-63-38-36-34-32-30-28-26-18-16-14-12-10-8-6-4-2)41-64-53-52(62)50(60)48(58)45(68-53)42-65-54-51(61)49(59)47(57)44(39-55)67-54/h14,16,43-45,47-55,57-62H,3-13,15,17-42H2,1-2H3/b16-14-. The van der Waals surface area contributed by atoms with Crippen LogP contribution in [0, 0.1) is 0 Å². The van der Waals surface area contributed by atoms with Crippen molar-refractivity contribution < 1.29 is 69.0 Å². The summed E-state index contributed by atoms with van der Waals surface area (Å²) in [6, 6.07) is 0. The number of rotatable bonds is 45. The van der Waals surface area contributed by atoms with E-state index in [1.807, 2.05) is 0 Å². The van der Waals surface area contributed by atoms with Gasteiger partial charge in [0.25, 0.3) is 0 Å². The lowest BCUT2D eigenvalue weighted by atomic mass is 9.98. The molecule has 11 atom stereocenters. The minimum atomic E-state index is -1.70. The summed E-state index contributed by atoms with van der Waals surface area (Å²) in [6.07, 6.45) is 28.4. The lowest BCUT2D eigenvalue weighted by Crippen LogP contribution is -2.61. The van der Waals surface area contributed by atoms with Crippen LogP contribution in [-0.4, -0.2) is 142 Å². The van der Waals surface area contributed by atoms with E-state index in [1.165, 1.54) is 154 Å². The predicted octanol–water partition coefficient (Wildman–Crippen LogP) is 9.02. The third-order valence-corrected chi connectivity index (χ3v) is 13.5. The molecule has 14 heteroatoms. The van der Waals surface area contributed by atoms with E-state index in [1.54, 1.807) is 0 Å². The van der Waals surface area contributed by atoms with Crippen LogP contribution < -0.4 is 0 Å². The molecule has 0 aromatic rings. The number of hydrogen-bond donors (Lipinski definition) is 7. The quantitative estimate of drug-likeness (QED) is 0.0172. The average Bonchev–Trinajstić information content (AvgIpc) is 3.33. The first-order chi connectivity index (χ1) is 33.1. The van der Waals surface area contributed by atoms with Crippen molar-refractivity contribution in [2.24, 2.45) is 0 Å². The van der Waals surface area contributed by atoms with Gasteiger partial charge < -0.3 is 64.2 Å². The molecule has 402 valence electrons. The largest absolute Gasteiger partial charge is 0.457 e. The fourth-order valence-electron chi connectivity index (χ4n) is 8.99. The highest BCUT2D eigenvalue weighted by Crippen LogP contribution is 2.27. The van der Waals surface area contributed by atoms with Gasteiger partial charge in [-0.3, -0.25) is 4.79 Å². The minimum Gasteiger partial charge on any atom is -0.457 e. The third kappa shape index (κ3) is 29.3. The zero-order valence-electron chi connectivity index (χ0n) is 42.9. The lowest BCUT2D eigenvalue weighted by Gasteiger charge is -2.42. The number of aliphatic hydroxyl groups is 7. The van der Waals surface area contributed by atoms with Gasteiger partial charge in [-0.1, -0.05) is 193 Å². The van der Waals surface area contributed by atoms with Crippen molar-refractivity contribution in [3.05, 3.63) is 12.2 Å². The van der Waals surface area contributed by atoms with Gasteiger partial charge in [0.05, 0.1) is 26.4 Å². The first-order valence-electron chi connectivity index (χ1n) is 27.8. The fraction of sp³-hybridized carbons (Fsp3) is 0.944. The molecule has 0 aliphatic carbocycles. The average molecular weight is 975 g/mol. The van der Waals surface area contributed by atoms with E-state index >= 15 is 0 Å². The summed E-state index contributed by atoms with van der Waals surface area (Å²) in [5.41, 5.74) is 0. The van der Waals surface area contributed by atoms with Crippen LogP contribution in [0.5, 0.6) is 0 Å². The molecule has 0 aromatic heterocycles. The SMILES string of the molecule is CCCCCC/C=C\CCCCCCCCOCC(COC1OC(COC2OC(CO)C(O)C(O)C2O)C(O)C(O)C1O)OC(=O)CCCCCCCCCCCCCCCCCCCCCC. The van der Waals surface area contributed by atoms with E-state index in [-0.39, 0.29) is 25.6 Å². The summed E-state index contributed by atoms with van der Waals surface area (Å²) in [6.45, 7) is 3.70. The smallest absolute Gasteiger partial charge is 0.306 e. The van der Waals surface area contributed by atoms with Gasteiger partial charge in [-0.15, -0.1) is 0 Å². The molecule has 11 unspecified atom stereocenters. The van der Waals surface area contributed by atoms with Crippen molar-refractivity contribution in [2.75, 3.05) is 33.0 Å². The third-order valence-electron chi connectivity index (χ3n) is 13.5. The number of aliphatic hydroxyl groups excluding tert-OH is 7. The van der Waals surface area contributed by atoms with Gasteiger partial charge in [0.15, 0.2) is 12.6 Å². The highest BCUT2D eigenvalue weighted by Gasteiger charge is 2.47. The molecular weight excluding hydrogens is 873 g/mol. The van der Waals surface area contributed by atoms with Crippen molar-refractivity contribution in [1.29, 1.82) is 0 Å². The van der Waals surface area contributed by atoms with Crippen LogP contribution in [0.3, 0.4) is 0 Å². The van der Waals surface area contributed by atoms with E-state index in [0.29, 0.717) is 13.0 Å². The Labute approximate surface area is 412 Å². The van der Waals surface area contributed by atoms with Gasteiger partial charge in [-0.2, -0.15) is 0 Å². The second kappa shape index (κ2) is 42.3. The zero-order chi connectivity index (χ0) is 49.5. The van der Waals surface area contributed by atoms with Crippen molar-refractivity contribution in [1.82, 2.24) is 0 Å². The number of unbranched alkanes of at least 4 members (excludes halogenated alkanes) is 29. The Morgan fingerprint density at radius 1 is 0.471 bits per heavy atom. The van der Waals surface area contributed by atoms with Crippen LogP contribution in [0.2, 0.25) is 0 Å². The van der Waals surface area contributed by atoms with E-state index < -0.39 is 80.7 Å². The van der Waals surface area contributed by atoms with E-state index in [9.17, 15) is 40.5 Å². The van der Waals surface area contributed by atoms with Gasteiger partial charge in [-0.25, -0.2) is 0 Å². The molecule has 68 heavy (non-hydrogen) atoms. The molecule has 0 amide bonds. The number of allylic oxidation sites excluding steroid dienone is 2. The van der Waals surface area contributed by atoms with Crippen molar-refractivity contribution >= 4 is 5.97 Å². The highest BCUT2D eigenvalue weighted by molar-refractivity contribution is 5.69. The van der Waals surface area contributed by atoms with Crippen LogP contribution in [-0.2, 0) is 33.2 Å². The van der Waals surface area contributed by atoms with E-state index in [2.05, 4.69) is 26.0 Å². The van der Waals surface area contributed by atoms with Gasteiger partial charge in [0.1, 0.15) is 54.9 Å². The first-order valence-corrected chi connectivity index (χ1v) is 27.8. The summed E-state index contributed by atoms with van der Waals surface area (Å²) in [5.74, 6) is -0.373. The monoisotopic (exact) mass is 975 g/mol. The van der Waals surface area contributed by atoms with Gasteiger partial charge in [0.2, 0.25) is 0 Å². The summed E-state index contributed by atoms with van der Waals surface area (Å²) in [4.78, 5) is 13.0. The molecule has 2 fully saturated rings. The molecule has 0 bridgehead atoms. The Bertz CT molecular complexity index is 1180. The maximum absolute atomic E-state index is 13.0. The van der Waals surface area contributed by atoms with Gasteiger partial charge in [-0.05, 0) is 38.5 Å². The summed E-state index contributed by atoms with van der Waals surface area (Å²) >= 11 is 0. The van der Waals surface area contributed by atoms with Crippen molar-refractivity contribution in [3.63, 3.8) is 0 Å². The van der Waals surface area contributed by atoms with Crippen LogP contribution >= 0.6 is 0 Å². The number of esters is 1. The maximum Gasteiger partial charge on any atom is 0.306 e. The number of carbonyl (C=O) groups is 1. The second-order valence-corrected chi connectivity index (χ2v) is 19.8. The van der Waals surface area contributed by atoms with Crippen molar-refractivity contribution in [2.45, 2.75) is 293 Å². The molecular formula is C54H102O14. The molecule has 2 rings (SSSR count). The lowest BCUT2D eigenvalue weighted by molar-refractivity contribution is -0.332. The topological polar surface area (TPSA) is 214 Å². The zero-order valence-corrected chi connectivity index (χ0v) is 42.9. The summed E-state index contributed by atoms with van der Waals surface area (Å²) in [5, 5.41) is 72.2.